The van der Waals surface area contributed by atoms with Crippen molar-refractivity contribution in [3.05, 3.63) is 0 Å². The van der Waals surface area contributed by atoms with Crippen molar-refractivity contribution < 1.29 is 9.90 Å². The predicted octanol–water partition coefficient (Wildman–Crippen LogP) is 1.66. The Kier molecular flexibility index (Phi) is 6.27. The van der Waals surface area contributed by atoms with Gasteiger partial charge in [-0.1, -0.05) is 26.7 Å². The number of hydrogen-bond acceptors (Lipinski definition) is 3. The van der Waals surface area contributed by atoms with Gasteiger partial charge in [-0.3, -0.25) is 4.79 Å². The molecule has 0 aromatic carbocycles. The lowest BCUT2D eigenvalue weighted by Crippen LogP contribution is -2.46. The SMILES string of the molecule is CC(C)CC(C)(O)CNC(=O)C1CCCCC1CN. The van der Waals surface area contributed by atoms with Crippen LogP contribution in [0.15, 0.2) is 0 Å². The third-order valence-electron chi connectivity index (χ3n) is 4.04. The fourth-order valence-electron chi connectivity index (χ4n) is 3.20. The average Bonchev–Trinajstić information content (AvgIpc) is 2.34. The van der Waals surface area contributed by atoms with Gasteiger partial charge in [-0.05, 0) is 44.6 Å². The summed E-state index contributed by atoms with van der Waals surface area (Å²) in [5, 5.41) is 13.1. The first-order valence-corrected chi connectivity index (χ1v) is 7.56. The molecule has 3 atom stereocenters. The topological polar surface area (TPSA) is 75.3 Å². The molecule has 0 aromatic heterocycles. The number of rotatable bonds is 6. The van der Waals surface area contributed by atoms with Crippen molar-refractivity contribution in [2.45, 2.75) is 58.5 Å². The zero-order valence-electron chi connectivity index (χ0n) is 12.6. The molecule has 1 saturated carbocycles. The molecule has 0 heterocycles. The molecule has 4 N–H and O–H groups in total. The molecule has 1 fully saturated rings. The highest BCUT2D eigenvalue weighted by molar-refractivity contribution is 5.79. The minimum absolute atomic E-state index is 0.0357. The molecular formula is C15H30N2O2. The van der Waals surface area contributed by atoms with Crippen molar-refractivity contribution in [1.82, 2.24) is 5.32 Å². The van der Waals surface area contributed by atoms with Crippen LogP contribution in [0.4, 0.5) is 0 Å². The maximum absolute atomic E-state index is 12.2. The van der Waals surface area contributed by atoms with Crippen molar-refractivity contribution in [3.8, 4) is 0 Å². The van der Waals surface area contributed by atoms with Gasteiger partial charge in [-0.15, -0.1) is 0 Å². The first-order chi connectivity index (χ1) is 8.85. The standard InChI is InChI=1S/C15H30N2O2/c1-11(2)8-15(3,19)10-17-14(18)13-7-5-4-6-12(13)9-16/h11-13,19H,4-10,16H2,1-3H3,(H,17,18). The van der Waals surface area contributed by atoms with Crippen LogP contribution in [0.5, 0.6) is 0 Å². The summed E-state index contributed by atoms with van der Waals surface area (Å²) in [4.78, 5) is 12.2. The summed E-state index contributed by atoms with van der Waals surface area (Å²) < 4.78 is 0. The van der Waals surface area contributed by atoms with Crippen LogP contribution in [0, 0.1) is 17.8 Å². The first kappa shape index (κ1) is 16.4. The summed E-state index contributed by atoms with van der Waals surface area (Å²) in [5.74, 6) is 0.829. The molecule has 1 aliphatic carbocycles. The number of hydrogen-bond donors (Lipinski definition) is 3. The van der Waals surface area contributed by atoms with Gasteiger partial charge in [0, 0.05) is 12.5 Å². The summed E-state index contributed by atoms with van der Waals surface area (Å²) in [6, 6.07) is 0. The Labute approximate surface area is 117 Å². The van der Waals surface area contributed by atoms with Gasteiger partial charge >= 0.3 is 0 Å². The van der Waals surface area contributed by atoms with E-state index in [9.17, 15) is 9.90 Å². The zero-order valence-corrected chi connectivity index (χ0v) is 12.6. The van der Waals surface area contributed by atoms with Gasteiger partial charge in [0.05, 0.1) is 5.60 Å². The fourth-order valence-corrected chi connectivity index (χ4v) is 3.20. The van der Waals surface area contributed by atoms with E-state index < -0.39 is 5.60 Å². The molecule has 0 aromatic rings. The van der Waals surface area contributed by atoms with E-state index in [1.54, 1.807) is 6.92 Å². The Balaban J connectivity index is 2.45. The van der Waals surface area contributed by atoms with Gasteiger partial charge in [0.15, 0.2) is 0 Å². The number of nitrogens with two attached hydrogens (primary N) is 1. The Morgan fingerprint density at radius 1 is 1.42 bits per heavy atom. The lowest BCUT2D eigenvalue weighted by Gasteiger charge is -2.31. The van der Waals surface area contributed by atoms with E-state index in [1.807, 2.05) is 0 Å². The largest absolute Gasteiger partial charge is 0.388 e. The Morgan fingerprint density at radius 3 is 2.63 bits per heavy atom. The van der Waals surface area contributed by atoms with Crippen LogP contribution in [0.25, 0.3) is 0 Å². The molecule has 0 spiro atoms. The molecule has 3 unspecified atom stereocenters. The van der Waals surface area contributed by atoms with Crippen LogP contribution in [0.2, 0.25) is 0 Å². The normalized spacial score (nSPS) is 27.1. The molecule has 0 radical (unpaired) electrons. The van der Waals surface area contributed by atoms with Crippen molar-refractivity contribution >= 4 is 5.91 Å². The smallest absolute Gasteiger partial charge is 0.223 e. The van der Waals surface area contributed by atoms with Gasteiger partial charge in [0.1, 0.15) is 0 Å². The molecule has 0 aliphatic heterocycles. The second kappa shape index (κ2) is 7.25. The molecule has 1 amide bonds. The van der Waals surface area contributed by atoms with Crippen molar-refractivity contribution in [2.24, 2.45) is 23.5 Å². The highest BCUT2D eigenvalue weighted by Gasteiger charge is 2.31. The number of aliphatic hydroxyl groups is 1. The molecule has 0 bridgehead atoms. The number of nitrogens with one attached hydrogen (secondary N) is 1. The summed E-state index contributed by atoms with van der Waals surface area (Å²) in [5.41, 5.74) is 4.93. The quantitative estimate of drug-likeness (QED) is 0.687. The highest BCUT2D eigenvalue weighted by Crippen LogP contribution is 2.29. The Morgan fingerprint density at radius 2 is 2.05 bits per heavy atom. The van der Waals surface area contributed by atoms with Crippen LogP contribution >= 0.6 is 0 Å². The lowest BCUT2D eigenvalue weighted by molar-refractivity contribution is -0.129. The summed E-state index contributed by atoms with van der Waals surface area (Å²) in [6.07, 6.45) is 4.96. The maximum Gasteiger partial charge on any atom is 0.223 e. The molecule has 1 aliphatic rings. The molecule has 4 nitrogen and oxygen atoms in total. The van der Waals surface area contributed by atoms with Gasteiger partial charge < -0.3 is 16.2 Å². The fraction of sp³-hybridized carbons (Fsp3) is 0.933. The molecule has 1 rings (SSSR count). The van der Waals surface area contributed by atoms with E-state index in [4.69, 9.17) is 5.73 Å². The van der Waals surface area contributed by atoms with E-state index >= 15 is 0 Å². The summed E-state index contributed by atoms with van der Waals surface area (Å²) in [6.45, 7) is 6.84. The zero-order chi connectivity index (χ0) is 14.5. The molecule has 112 valence electrons. The van der Waals surface area contributed by atoms with Gasteiger partial charge in [0.25, 0.3) is 0 Å². The first-order valence-electron chi connectivity index (χ1n) is 7.56. The van der Waals surface area contributed by atoms with Crippen LogP contribution in [0.1, 0.15) is 52.9 Å². The average molecular weight is 270 g/mol. The Hall–Kier alpha value is -0.610. The molecule has 4 heteroatoms. The van der Waals surface area contributed by atoms with Crippen molar-refractivity contribution in [2.75, 3.05) is 13.1 Å². The maximum atomic E-state index is 12.2. The van der Waals surface area contributed by atoms with Gasteiger partial charge in [0.2, 0.25) is 5.91 Å². The third-order valence-corrected chi connectivity index (χ3v) is 4.04. The second-order valence-corrected chi connectivity index (χ2v) is 6.70. The Bertz CT molecular complexity index is 290. The molecule has 0 saturated heterocycles. The van der Waals surface area contributed by atoms with Gasteiger partial charge in [-0.2, -0.15) is 0 Å². The van der Waals surface area contributed by atoms with Crippen molar-refractivity contribution in [1.29, 1.82) is 0 Å². The summed E-state index contributed by atoms with van der Waals surface area (Å²) in [7, 11) is 0. The highest BCUT2D eigenvalue weighted by atomic mass is 16.3. The number of carbonyl (C=O) groups excluding carboxylic acids is 1. The van der Waals surface area contributed by atoms with Crippen LogP contribution in [0.3, 0.4) is 0 Å². The summed E-state index contributed by atoms with van der Waals surface area (Å²) >= 11 is 0. The van der Waals surface area contributed by atoms with Crippen LogP contribution in [-0.4, -0.2) is 29.7 Å². The van der Waals surface area contributed by atoms with E-state index in [0.717, 1.165) is 19.3 Å². The minimum Gasteiger partial charge on any atom is -0.388 e. The predicted molar refractivity (Wildman–Crippen MR) is 77.6 cm³/mol. The van der Waals surface area contributed by atoms with Crippen molar-refractivity contribution in [3.63, 3.8) is 0 Å². The van der Waals surface area contributed by atoms with Gasteiger partial charge in [-0.25, -0.2) is 0 Å². The lowest BCUT2D eigenvalue weighted by atomic mass is 9.78. The monoisotopic (exact) mass is 270 g/mol. The minimum atomic E-state index is -0.823. The van der Waals surface area contributed by atoms with E-state index in [-0.39, 0.29) is 11.8 Å². The van der Waals surface area contributed by atoms with Crippen LogP contribution in [-0.2, 0) is 4.79 Å². The molecule has 19 heavy (non-hydrogen) atoms. The third kappa shape index (κ3) is 5.49. The second-order valence-electron chi connectivity index (χ2n) is 6.70. The van der Waals surface area contributed by atoms with E-state index in [2.05, 4.69) is 19.2 Å². The van der Waals surface area contributed by atoms with E-state index in [1.165, 1.54) is 6.42 Å². The number of amides is 1. The van der Waals surface area contributed by atoms with E-state index in [0.29, 0.717) is 31.3 Å². The number of carbonyl (C=O) groups is 1. The molecular weight excluding hydrogens is 240 g/mol. The van der Waals surface area contributed by atoms with Crippen LogP contribution < -0.4 is 11.1 Å².